The van der Waals surface area contributed by atoms with E-state index in [0.29, 0.717) is 6.04 Å². The van der Waals surface area contributed by atoms with Gasteiger partial charge in [-0.25, -0.2) is 4.98 Å². The van der Waals surface area contributed by atoms with E-state index in [1.165, 1.54) is 16.8 Å². The summed E-state index contributed by atoms with van der Waals surface area (Å²) in [5.41, 5.74) is 3.96. The van der Waals surface area contributed by atoms with Gasteiger partial charge in [0.1, 0.15) is 0 Å². The first kappa shape index (κ1) is 11.8. The fourth-order valence-electron chi connectivity index (χ4n) is 1.81. The van der Waals surface area contributed by atoms with Crippen LogP contribution in [0.2, 0.25) is 0 Å². The Morgan fingerprint density at radius 1 is 1.31 bits per heavy atom. The number of hydrogen-bond donors (Lipinski definition) is 1. The second-order valence-electron chi connectivity index (χ2n) is 3.91. The number of aromatic nitrogens is 1. The van der Waals surface area contributed by atoms with E-state index in [1.807, 2.05) is 7.05 Å². The Balaban J connectivity index is 2.15. The van der Waals surface area contributed by atoms with Crippen LogP contribution in [-0.4, -0.2) is 12.0 Å². The van der Waals surface area contributed by atoms with Crippen LogP contribution in [0.5, 0.6) is 0 Å². The lowest BCUT2D eigenvalue weighted by molar-refractivity contribution is 0.584. The molecule has 1 unspecified atom stereocenters. The van der Waals surface area contributed by atoms with Crippen LogP contribution in [0, 0.1) is 13.8 Å². The number of thiophene rings is 1. The predicted octanol–water partition coefficient (Wildman–Crippen LogP) is 3.32. The zero-order valence-electron chi connectivity index (χ0n) is 9.78. The smallest absolute Gasteiger partial charge is 0.0897 e. The van der Waals surface area contributed by atoms with Gasteiger partial charge in [0.15, 0.2) is 0 Å². The van der Waals surface area contributed by atoms with Crippen LogP contribution in [0.25, 0.3) is 0 Å². The molecule has 2 heterocycles. The predicted molar refractivity (Wildman–Crippen MR) is 71.4 cm³/mol. The van der Waals surface area contributed by atoms with Crippen molar-refractivity contribution in [3.8, 4) is 0 Å². The molecular formula is C12H16N2S2. The Morgan fingerprint density at radius 3 is 2.62 bits per heavy atom. The van der Waals surface area contributed by atoms with Crippen molar-refractivity contribution in [3.05, 3.63) is 38.0 Å². The van der Waals surface area contributed by atoms with Crippen LogP contribution in [0.15, 0.2) is 16.1 Å². The summed E-state index contributed by atoms with van der Waals surface area (Å²) in [5.74, 6) is 0. The fourth-order valence-corrected chi connectivity index (χ4v) is 3.34. The molecule has 0 aromatic carbocycles. The molecule has 0 aliphatic carbocycles. The molecule has 0 saturated heterocycles. The van der Waals surface area contributed by atoms with Gasteiger partial charge in [0, 0.05) is 17.8 Å². The molecule has 0 aliphatic heterocycles. The Hall–Kier alpha value is -0.710. The zero-order chi connectivity index (χ0) is 11.5. The van der Waals surface area contributed by atoms with Crippen molar-refractivity contribution in [2.45, 2.75) is 26.3 Å². The maximum absolute atomic E-state index is 4.52. The van der Waals surface area contributed by atoms with Crippen molar-refractivity contribution >= 4 is 22.7 Å². The number of rotatable bonds is 4. The van der Waals surface area contributed by atoms with Gasteiger partial charge in [0.25, 0.3) is 0 Å². The minimum Gasteiger partial charge on any atom is -0.313 e. The zero-order valence-corrected chi connectivity index (χ0v) is 11.4. The van der Waals surface area contributed by atoms with E-state index < -0.39 is 0 Å². The van der Waals surface area contributed by atoms with Gasteiger partial charge in [0.2, 0.25) is 0 Å². The third-order valence-corrected chi connectivity index (χ3v) is 4.40. The average molecular weight is 252 g/mol. The van der Waals surface area contributed by atoms with E-state index in [4.69, 9.17) is 0 Å². The first-order valence-electron chi connectivity index (χ1n) is 5.31. The highest BCUT2D eigenvalue weighted by Gasteiger charge is 2.14. The average Bonchev–Trinajstić information content (AvgIpc) is 2.84. The van der Waals surface area contributed by atoms with Crippen LogP contribution in [0.4, 0.5) is 0 Å². The highest BCUT2D eigenvalue weighted by Crippen LogP contribution is 2.25. The molecule has 16 heavy (non-hydrogen) atoms. The van der Waals surface area contributed by atoms with E-state index >= 15 is 0 Å². The molecule has 2 aromatic heterocycles. The van der Waals surface area contributed by atoms with Crippen LogP contribution >= 0.6 is 22.7 Å². The number of thiazole rings is 1. The summed E-state index contributed by atoms with van der Waals surface area (Å²) in [4.78, 5) is 4.52. The van der Waals surface area contributed by atoms with E-state index in [0.717, 1.165) is 11.4 Å². The molecule has 0 fully saturated rings. The normalized spacial score (nSPS) is 12.9. The van der Waals surface area contributed by atoms with Crippen molar-refractivity contribution in [1.82, 2.24) is 10.3 Å². The summed E-state index contributed by atoms with van der Waals surface area (Å²) in [6.45, 7) is 4.22. The first-order chi connectivity index (χ1) is 7.70. The third kappa shape index (κ3) is 2.51. The summed E-state index contributed by atoms with van der Waals surface area (Å²) in [6, 6.07) is 0.382. The fraction of sp³-hybridized carbons (Fsp3) is 0.417. The highest BCUT2D eigenvalue weighted by atomic mass is 32.1. The minimum absolute atomic E-state index is 0.382. The number of nitrogens with zero attached hydrogens (tertiary/aromatic N) is 1. The molecule has 0 radical (unpaired) electrons. The molecule has 4 heteroatoms. The second-order valence-corrected chi connectivity index (χ2v) is 5.72. The van der Waals surface area contributed by atoms with E-state index in [1.54, 1.807) is 22.7 Å². The summed E-state index contributed by atoms with van der Waals surface area (Å²) < 4.78 is 0. The van der Waals surface area contributed by atoms with Crippen molar-refractivity contribution < 1.29 is 0 Å². The van der Waals surface area contributed by atoms with Crippen molar-refractivity contribution in [3.63, 3.8) is 0 Å². The maximum atomic E-state index is 4.52. The summed E-state index contributed by atoms with van der Waals surface area (Å²) >= 11 is 3.49. The SMILES string of the molecule is CNC(Cc1csc(C)n1)c1cscc1C. The quantitative estimate of drug-likeness (QED) is 0.903. The van der Waals surface area contributed by atoms with Gasteiger partial charge in [-0.3, -0.25) is 0 Å². The molecule has 2 aromatic rings. The molecule has 2 nitrogen and oxygen atoms in total. The molecule has 0 amide bonds. The summed E-state index contributed by atoms with van der Waals surface area (Å²) in [5, 5.41) is 11.1. The second kappa shape index (κ2) is 5.08. The van der Waals surface area contributed by atoms with Gasteiger partial charge in [-0.1, -0.05) is 0 Å². The Labute approximate surface area is 104 Å². The van der Waals surface area contributed by atoms with Crippen LogP contribution in [0.1, 0.15) is 27.9 Å². The van der Waals surface area contributed by atoms with Gasteiger partial charge >= 0.3 is 0 Å². The van der Waals surface area contributed by atoms with Crippen molar-refractivity contribution in [2.24, 2.45) is 0 Å². The molecule has 1 N–H and O–H groups in total. The van der Waals surface area contributed by atoms with E-state index in [9.17, 15) is 0 Å². The summed E-state index contributed by atoms with van der Waals surface area (Å²) in [6.07, 6.45) is 0.971. The van der Waals surface area contributed by atoms with Crippen molar-refractivity contribution in [2.75, 3.05) is 7.05 Å². The van der Waals surface area contributed by atoms with E-state index in [2.05, 4.69) is 40.3 Å². The molecule has 0 bridgehead atoms. The molecular weight excluding hydrogens is 236 g/mol. The number of aryl methyl sites for hydroxylation is 2. The van der Waals surface area contributed by atoms with Gasteiger partial charge in [0.05, 0.1) is 10.7 Å². The molecule has 0 saturated carbocycles. The monoisotopic (exact) mass is 252 g/mol. The minimum atomic E-state index is 0.382. The van der Waals surface area contributed by atoms with Gasteiger partial charge in [-0.2, -0.15) is 11.3 Å². The Bertz CT molecular complexity index is 459. The topological polar surface area (TPSA) is 24.9 Å². The van der Waals surface area contributed by atoms with Crippen LogP contribution in [0.3, 0.4) is 0 Å². The molecule has 1 atom stereocenters. The number of likely N-dealkylation sites (N-methyl/N-ethyl adjacent to an activating group) is 1. The summed E-state index contributed by atoms with van der Waals surface area (Å²) in [7, 11) is 2.01. The molecule has 2 rings (SSSR count). The maximum Gasteiger partial charge on any atom is 0.0897 e. The van der Waals surface area contributed by atoms with Crippen LogP contribution in [-0.2, 0) is 6.42 Å². The Morgan fingerprint density at radius 2 is 2.12 bits per heavy atom. The molecule has 86 valence electrons. The molecule has 0 aliphatic rings. The van der Waals surface area contributed by atoms with Crippen LogP contribution < -0.4 is 5.32 Å². The number of nitrogens with one attached hydrogen (secondary N) is 1. The van der Waals surface area contributed by atoms with Gasteiger partial charge in [-0.15, -0.1) is 11.3 Å². The largest absolute Gasteiger partial charge is 0.313 e. The Kier molecular flexibility index (Phi) is 3.74. The molecule has 0 spiro atoms. The van der Waals surface area contributed by atoms with Gasteiger partial charge < -0.3 is 5.32 Å². The van der Waals surface area contributed by atoms with Gasteiger partial charge in [-0.05, 0) is 42.8 Å². The van der Waals surface area contributed by atoms with E-state index in [-0.39, 0.29) is 0 Å². The lowest BCUT2D eigenvalue weighted by atomic mass is 10.0. The standard InChI is InChI=1S/C12H16N2S2/c1-8-5-15-7-11(8)12(13-3)4-10-6-16-9(2)14-10/h5-7,12-13H,4H2,1-3H3. The van der Waals surface area contributed by atoms with Crippen molar-refractivity contribution in [1.29, 1.82) is 0 Å². The first-order valence-corrected chi connectivity index (χ1v) is 7.14. The number of hydrogen-bond acceptors (Lipinski definition) is 4. The highest BCUT2D eigenvalue weighted by molar-refractivity contribution is 7.09. The third-order valence-electron chi connectivity index (χ3n) is 2.70. The lowest BCUT2D eigenvalue weighted by Crippen LogP contribution is -2.19. The lowest BCUT2D eigenvalue weighted by Gasteiger charge is -2.14.